The second-order valence-electron chi connectivity index (χ2n) is 6.79. The van der Waals surface area contributed by atoms with Crippen molar-refractivity contribution in [2.75, 3.05) is 14.1 Å². The van der Waals surface area contributed by atoms with Crippen LogP contribution >= 0.6 is 0 Å². The summed E-state index contributed by atoms with van der Waals surface area (Å²) in [5.41, 5.74) is -3.36. The van der Waals surface area contributed by atoms with Crippen LogP contribution in [0.1, 0.15) is 23.7 Å². The van der Waals surface area contributed by atoms with E-state index in [2.05, 4.69) is 15.6 Å². The fourth-order valence-electron chi connectivity index (χ4n) is 2.74. The van der Waals surface area contributed by atoms with Gasteiger partial charge in [0.1, 0.15) is 11.7 Å². The number of rotatable bonds is 6. The van der Waals surface area contributed by atoms with Gasteiger partial charge in [0.15, 0.2) is 0 Å². The molecule has 0 fully saturated rings. The fourth-order valence-corrected chi connectivity index (χ4v) is 2.74. The largest absolute Gasteiger partial charge is 0.416 e. The Morgan fingerprint density at radius 3 is 2.10 bits per heavy atom. The highest BCUT2D eigenvalue weighted by molar-refractivity contribution is 5.82. The normalized spacial score (nSPS) is 14.6. The van der Waals surface area contributed by atoms with Gasteiger partial charge in [0.2, 0.25) is 5.91 Å². The number of hydrogen-bond acceptors (Lipinski definition) is 5. The van der Waals surface area contributed by atoms with Gasteiger partial charge >= 0.3 is 12.4 Å². The lowest BCUT2D eigenvalue weighted by atomic mass is 10.1. The van der Waals surface area contributed by atoms with Crippen molar-refractivity contribution in [1.82, 2.24) is 25.2 Å². The molecule has 0 aliphatic carbocycles. The van der Waals surface area contributed by atoms with Crippen molar-refractivity contribution >= 4 is 5.91 Å². The quantitative estimate of drug-likeness (QED) is 0.675. The molecule has 0 saturated heterocycles. The summed E-state index contributed by atoms with van der Waals surface area (Å²) in [5, 5.41) is 19.4. The summed E-state index contributed by atoms with van der Waals surface area (Å²) in [5.74, 6) is -0.539. The highest BCUT2D eigenvalue weighted by Gasteiger charge is 2.37. The van der Waals surface area contributed by atoms with Crippen LogP contribution in [0.15, 0.2) is 24.4 Å². The Morgan fingerprint density at radius 1 is 1.13 bits per heavy atom. The number of carbonyl (C=O) groups excluding carboxylic acids is 1. The molecule has 2 aromatic rings. The van der Waals surface area contributed by atoms with Gasteiger partial charge in [0.25, 0.3) is 0 Å². The van der Waals surface area contributed by atoms with Gasteiger partial charge in [-0.15, -0.1) is 5.10 Å². The lowest BCUT2D eigenvalue weighted by Crippen LogP contribution is -2.49. The van der Waals surface area contributed by atoms with Crippen LogP contribution in [-0.4, -0.2) is 57.1 Å². The Balaban J connectivity index is 2.26. The number of amides is 1. The van der Waals surface area contributed by atoms with Gasteiger partial charge in [0, 0.05) is 0 Å². The van der Waals surface area contributed by atoms with Crippen molar-refractivity contribution in [2.24, 2.45) is 0 Å². The fraction of sp³-hybridized carbons (Fsp3) is 0.471. The summed E-state index contributed by atoms with van der Waals surface area (Å²) in [6.07, 6.45) is -9.87. The molecule has 1 aromatic carbocycles. The second kappa shape index (κ2) is 8.60. The van der Waals surface area contributed by atoms with E-state index in [4.69, 9.17) is 0 Å². The minimum Gasteiger partial charge on any atom is -0.391 e. The van der Waals surface area contributed by atoms with Gasteiger partial charge < -0.3 is 10.4 Å². The minimum atomic E-state index is -4.99. The molecular weight excluding hydrogens is 420 g/mol. The maximum Gasteiger partial charge on any atom is 0.416 e. The van der Waals surface area contributed by atoms with Crippen molar-refractivity contribution in [3.05, 3.63) is 41.2 Å². The topological polar surface area (TPSA) is 83.3 Å². The first-order valence-electron chi connectivity index (χ1n) is 8.53. The first-order chi connectivity index (χ1) is 13.7. The number of hydrogen-bond donors (Lipinski definition) is 2. The highest BCUT2D eigenvalue weighted by Crippen LogP contribution is 2.36. The zero-order valence-electron chi connectivity index (χ0n) is 16.1. The summed E-state index contributed by atoms with van der Waals surface area (Å²) in [7, 11) is 3.16. The van der Waals surface area contributed by atoms with E-state index in [1.165, 1.54) is 11.8 Å². The van der Waals surface area contributed by atoms with Crippen molar-refractivity contribution in [2.45, 2.75) is 38.0 Å². The molecule has 2 N–H and O–H groups in total. The molecular formula is C17H19F6N5O2. The van der Waals surface area contributed by atoms with Crippen LogP contribution in [0.2, 0.25) is 0 Å². The number of halogens is 6. The maximum absolute atomic E-state index is 13.0. The Labute approximate surface area is 167 Å². The average molecular weight is 439 g/mol. The number of likely N-dealkylation sites (N-methyl/N-ethyl adjacent to an activating group) is 1. The molecule has 13 heteroatoms. The number of alkyl halides is 6. The lowest BCUT2D eigenvalue weighted by molar-refractivity contribution is -0.143. The lowest BCUT2D eigenvalue weighted by Gasteiger charge is -2.25. The van der Waals surface area contributed by atoms with Crippen molar-refractivity contribution in [3.8, 4) is 5.69 Å². The highest BCUT2D eigenvalue weighted by atomic mass is 19.4. The van der Waals surface area contributed by atoms with E-state index >= 15 is 0 Å². The molecule has 0 radical (unpaired) electrons. The molecule has 0 saturated carbocycles. The van der Waals surface area contributed by atoms with Crippen LogP contribution in [-0.2, 0) is 23.7 Å². The SMILES string of the molecule is CC(O)C(C(=O)NCc1cn(-c2cc(C(F)(F)F)cc(C(F)(F)F)c2)nn1)N(C)C. The van der Waals surface area contributed by atoms with Gasteiger partial charge in [-0.05, 0) is 39.2 Å². The van der Waals surface area contributed by atoms with E-state index in [0.717, 1.165) is 10.9 Å². The molecule has 0 spiro atoms. The van der Waals surface area contributed by atoms with Crippen molar-refractivity contribution < 1.29 is 36.2 Å². The molecule has 166 valence electrons. The number of nitrogens with one attached hydrogen (secondary N) is 1. The van der Waals surface area contributed by atoms with Crippen LogP contribution in [0.4, 0.5) is 26.3 Å². The van der Waals surface area contributed by atoms with Gasteiger partial charge in [-0.1, -0.05) is 5.21 Å². The second-order valence-corrected chi connectivity index (χ2v) is 6.79. The monoisotopic (exact) mass is 439 g/mol. The standard InChI is InChI=1S/C17H19F6N5O2/c1-9(29)14(27(2)3)15(30)24-7-12-8-28(26-25-12)13-5-10(16(18,19)20)4-11(6-13)17(21,22)23/h4-6,8-9,14,29H,7H2,1-3H3,(H,24,30). The molecule has 7 nitrogen and oxygen atoms in total. The average Bonchev–Trinajstić information content (AvgIpc) is 3.06. The van der Waals surface area contributed by atoms with Gasteiger partial charge in [-0.25, -0.2) is 4.68 Å². The number of aliphatic hydroxyl groups excluding tert-OH is 1. The van der Waals surface area contributed by atoms with Crippen molar-refractivity contribution in [1.29, 1.82) is 0 Å². The molecule has 2 rings (SSSR count). The third kappa shape index (κ3) is 5.69. The maximum atomic E-state index is 13.0. The first kappa shape index (κ1) is 23.6. The van der Waals surface area contributed by atoms with Crippen LogP contribution < -0.4 is 5.32 Å². The Bertz CT molecular complexity index is 851. The zero-order chi connectivity index (χ0) is 22.9. The molecule has 0 bridgehead atoms. The molecule has 1 aromatic heterocycles. The number of aliphatic hydroxyl groups is 1. The van der Waals surface area contributed by atoms with Crippen molar-refractivity contribution in [3.63, 3.8) is 0 Å². The molecule has 2 atom stereocenters. The van der Waals surface area contributed by atoms with E-state index in [0.29, 0.717) is 12.1 Å². The molecule has 30 heavy (non-hydrogen) atoms. The number of benzene rings is 1. The van der Waals surface area contributed by atoms with Gasteiger partial charge in [0.05, 0.1) is 35.7 Å². The van der Waals surface area contributed by atoms with Crippen LogP contribution in [0, 0.1) is 0 Å². The van der Waals surface area contributed by atoms with Gasteiger partial charge in [-0.3, -0.25) is 9.69 Å². The Morgan fingerprint density at radius 2 is 1.67 bits per heavy atom. The Kier molecular flexibility index (Phi) is 6.76. The van der Waals surface area contributed by atoms with Gasteiger partial charge in [-0.2, -0.15) is 26.3 Å². The van der Waals surface area contributed by atoms with E-state index in [9.17, 15) is 36.2 Å². The van der Waals surface area contributed by atoms with Crippen LogP contribution in [0.3, 0.4) is 0 Å². The Hall–Kier alpha value is -2.67. The summed E-state index contributed by atoms with van der Waals surface area (Å²) < 4.78 is 78.7. The zero-order valence-corrected chi connectivity index (χ0v) is 16.1. The minimum absolute atomic E-state index is 0.0129. The molecule has 0 aliphatic rings. The van der Waals surface area contributed by atoms with E-state index in [-0.39, 0.29) is 18.3 Å². The van der Waals surface area contributed by atoms with Crippen LogP contribution in [0.25, 0.3) is 5.69 Å². The summed E-state index contributed by atoms with van der Waals surface area (Å²) in [6, 6.07) is 0.181. The molecule has 1 amide bonds. The molecule has 2 unspecified atom stereocenters. The first-order valence-corrected chi connectivity index (χ1v) is 8.53. The molecule has 0 aliphatic heterocycles. The smallest absolute Gasteiger partial charge is 0.391 e. The predicted molar refractivity (Wildman–Crippen MR) is 92.4 cm³/mol. The van der Waals surface area contributed by atoms with E-state index < -0.39 is 47.2 Å². The summed E-state index contributed by atoms with van der Waals surface area (Å²) in [4.78, 5) is 13.7. The van der Waals surface area contributed by atoms with E-state index in [1.54, 1.807) is 14.1 Å². The third-order valence-corrected chi connectivity index (χ3v) is 4.10. The van der Waals surface area contributed by atoms with E-state index in [1.807, 2.05) is 0 Å². The number of carbonyl (C=O) groups is 1. The summed E-state index contributed by atoms with van der Waals surface area (Å²) in [6.45, 7) is 1.23. The molecule has 1 heterocycles. The summed E-state index contributed by atoms with van der Waals surface area (Å²) >= 11 is 0. The van der Waals surface area contributed by atoms with Crippen LogP contribution in [0.5, 0.6) is 0 Å². The number of aromatic nitrogens is 3. The third-order valence-electron chi connectivity index (χ3n) is 4.10. The number of nitrogens with zero attached hydrogens (tertiary/aromatic N) is 4. The predicted octanol–water partition coefficient (Wildman–Crippen LogP) is 2.23.